The molecule has 0 aliphatic carbocycles. The van der Waals surface area contributed by atoms with Gasteiger partial charge in [0.2, 0.25) is 0 Å². The predicted octanol–water partition coefficient (Wildman–Crippen LogP) is 0.342. The van der Waals surface area contributed by atoms with Gasteiger partial charge in [0, 0.05) is 0 Å². The topological polar surface area (TPSA) is 38.3 Å². The van der Waals surface area contributed by atoms with E-state index in [0.717, 1.165) is 12.8 Å². The minimum atomic E-state index is -0.0602. The smallest absolute Gasteiger partial charge is 0.177 e. The maximum absolute atomic E-state index is 11.1. The Kier molecular flexibility index (Phi) is 3.02. The zero-order valence-corrected chi connectivity index (χ0v) is 7.09. The Balaban J connectivity index is 2.47. The molecule has 1 fully saturated rings. The summed E-state index contributed by atoms with van der Waals surface area (Å²) in [6.45, 7) is 2.38. The first-order valence-corrected chi connectivity index (χ1v) is 4.11. The van der Waals surface area contributed by atoms with Crippen LogP contribution in [0.3, 0.4) is 0 Å². The molecule has 0 spiro atoms. The summed E-state index contributed by atoms with van der Waals surface area (Å²) >= 11 is 0. The average molecular weight is 157 g/mol. The Hall–Kier alpha value is -0.410. The molecule has 1 heterocycles. The van der Waals surface area contributed by atoms with E-state index in [0.29, 0.717) is 0 Å². The fraction of sp³-hybridized carbons (Fsp3) is 0.875. The van der Waals surface area contributed by atoms with E-state index in [-0.39, 0.29) is 24.5 Å². The van der Waals surface area contributed by atoms with Crippen LogP contribution in [0.15, 0.2) is 0 Å². The SMILES string of the molecule is CCCC1OCC(=O)C1NC. The van der Waals surface area contributed by atoms with Gasteiger partial charge in [-0.05, 0) is 13.5 Å². The van der Waals surface area contributed by atoms with E-state index in [1.807, 2.05) is 0 Å². The summed E-state index contributed by atoms with van der Waals surface area (Å²) in [5.41, 5.74) is 0. The van der Waals surface area contributed by atoms with Crippen molar-refractivity contribution in [1.82, 2.24) is 5.32 Å². The van der Waals surface area contributed by atoms with Crippen molar-refractivity contribution >= 4 is 5.78 Å². The maximum atomic E-state index is 11.1. The summed E-state index contributed by atoms with van der Waals surface area (Å²) in [6, 6.07) is -0.0602. The normalized spacial score (nSPS) is 31.3. The van der Waals surface area contributed by atoms with Crippen LogP contribution in [0.1, 0.15) is 19.8 Å². The van der Waals surface area contributed by atoms with Crippen molar-refractivity contribution < 1.29 is 9.53 Å². The lowest BCUT2D eigenvalue weighted by molar-refractivity contribution is -0.119. The number of ketones is 1. The lowest BCUT2D eigenvalue weighted by Crippen LogP contribution is -2.38. The largest absolute Gasteiger partial charge is 0.368 e. The van der Waals surface area contributed by atoms with Gasteiger partial charge in [-0.25, -0.2) is 0 Å². The van der Waals surface area contributed by atoms with Gasteiger partial charge in [0.1, 0.15) is 6.61 Å². The van der Waals surface area contributed by atoms with Gasteiger partial charge < -0.3 is 10.1 Å². The van der Waals surface area contributed by atoms with Gasteiger partial charge >= 0.3 is 0 Å². The van der Waals surface area contributed by atoms with Crippen molar-refractivity contribution in [2.24, 2.45) is 0 Å². The summed E-state index contributed by atoms with van der Waals surface area (Å²) in [4.78, 5) is 11.1. The number of hydrogen-bond acceptors (Lipinski definition) is 3. The van der Waals surface area contributed by atoms with Crippen LogP contribution in [0.25, 0.3) is 0 Å². The van der Waals surface area contributed by atoms with Gasteiger partial charge in [0.25, 0.3) is 0 Å². The van der Waals surface area contributed by atoms with Crippen molar-refractivity contribution in [3.8, 4) is 0 Å². The van der Waals surface area contributed by atoms with E-state index in [1.165, 1.54) is 0 Å². The number of rotatable bonds is 3. The number of likely N-dealkylation sites (N-methyl/N-ethyl adjacent to an activating group) is 1. The van der Waals surface area contributed by atoms with Crippen molar-refractivity contribution in [3.63, 3.8) is 0 Å². The number of carbonyl (C=O) groups excluding carboxylic acids is 1. The molecule has 0 amide bonds. The third-order valence-electron chi connectivity index (χ3n) is 2.04. The van der Waals surface area contributed by atoms with E-state index in [4.69, 9.17) is 4.74 Å². The molecule has 0 aromatic carbocycles. The van der Waals surface area contributed by atoms with E-state index in [1.54, 1.807) is 7.05 Å². The van der Waals surface area contributed by atoms with Crippen LogP contribution in [0.5, 0.6) is 0 Å². The van der Waals surface area contributed by atoms with Crippen LogP contribution in [0.2, 0.25) is 0 Å². The summed E-state index contributed by atoms with van der Waals surface area (Å²) < 4.78 is 5.30. The van der Waals surface area contributed by atoms with Crippen molar-refractivity contribution in [1.29, 1.82) is 0 Å². The average Bonchev–Trinajstić information content (AvgIpc) is 2.33. The first kappa shape index (κ1) is 8.68. The Labute approximate surface area is 67.1 Å². The molecule has 0 radical (unpaired) electrons. The first-order valence-electron chi connectivity index (χ1n) is 4.11. The fourth-order valence-electron chi connectivity index (χ4n) is 1.46. The Morgan fingerprint density at radius 3 is 3.00 bits per heavy atom. The van der Waals surface area contributed by atoms with Crippen LogP contribution in [-0.4, -0.2) is 31.6 Å². The number of carbonyl (C=O) groups is 1. The predicted molar refractivity (Wildman–Crippen MR) is 42.5 cm³/mol. The van der Waals surface area contributed by atoms with Gasteiger partial charge in [-0.1, -0.05) is 13.3 Å². The van der Waals surface area contributed by atoms with Crippen LogP contribution >= 0.6 is 0 Å². The quantitative estimate of drug-likeness (QED) is 0.642. The molecule has 3 nitrogen and oxygen atoms in total. The second-order valence-corrected chi connectivity index (χ2v) is 2.87. The highest BCUT2D eigenvalue weighted by Crippen LogP contribution is 2.14. The second kappa shape index (κ2) is 3.83. The Morgan fingerprint density at radius 1 is 1.73 bits per heavy atom. The molecule has 0 aromatic heterocycles. The molecule has 64 valence electrons. The van der Waals surface area contributed by atoms with E-state index >= 15 is 0 Å². The zero-order chi connectivity index (χ0) is 8.27. The van der Waals surface area contributed by atoms with Crippen molar-refractivity contribution in [3.05, 3.63) is 0 Å². The highest BCUT2D eigenvalue weighted by atomic mass is 16.5. The van der Waals surface area contributed by atoms with Gasteiger partial charge in [-0.3, -0.25) is 4.79 Å². The fourth-order valence-corrected chi connectivity index (χ4v) is 1.46. The Bertz CT molecular complexity index is 147. The minimum Gasteiger partial charge on any atom is -0.368 e. The van der Waals surface area contributed by atoms with Gasteiger partial charge in [0.15, 0.2) is 5.78 Å². The van der Waals surface area contributed by atoms with Crippen LogP contribution in [-0.2, 0) is 9.53 Å². The molecule has 0 aromatic rings. The summed E-state index contributed by atoms with van der Waals surface area (Å²) in [5, 5.41) is 2.97. The molecule has 2 atom stereocenters. The zero-order valence-electron chi connectivity index (χ0n) is 7.09. The summed E-state index contributed by atoms with van der Waals surface area (Å²) in [7, 11) is 1.81. The highest BCUT2D eigenvalue weighted by molar-refractivity contribution is 5.87. The molecule has 2 unspecified atom stereocenters. The van der Waals surface area contributed by atoms with E-state index in [2.05, 4.69) is 12.2 Å². The van der Waals surface area contributed by atoms with Gasteiger partial charge in [0.05, 0.1) is 12.1 Å². The third-order valence-corrected chi connectivity index (χ3v) is 2.04. The minimum absolute atomic E-state index is 0.0602. The van der Waals surface area contributed by atoms with Crippen molar-refractivity contribution in [2.45, 2.75) is 31.9 Å². The standard InChI is InChI=1S/C8H15NO2/c1-3-4-7-8(9-2)6(10)5-11-7/h7-9H,3-5H2,1-2H3. The number of hydrogen-bond donors (Lipinski definition) is 1. The molecule has 1 aliphatic heterocycles. The van der Waals surface area contributed by atoms with E-state index in [9.17, 15) is 4.79 Å². The molecule has 3 heteroatoms. The lowest BCUT2D eigenvalue weighted by Gasteiger charge is -2.14. The van der Waals surface area contributed by atoms with Crippen molar-refractivity contribution in [2.75, 3.05) is 13.7 Å². The van der Waals surface area contributed by atoms with Crippen LogP contribution in [0.4, 0.5) is 0 Å². The van der Waals surface area contributed by atoms with Crippen LogP contribution < -0.4 is 5.32 Å². The number of ether oxygens (including phenoxy) is 1. The first-order chi connectivity index (χ1) is 5.29. The monoisotopic (exact) mass is 157 g/mol. The molecule has 0 saturated carbocycles. The molecule has 1 aliphatic rings. The molecule has 1 N–H and O–H groups in total. The molecular formula is C8H15NO2. The molecule has 1 rings (SSSR count). The maximum Gasteiger partial charge on any atom is 0.177 e. The summed E-state index contributed by atoms with van der Waals surface area (Å²) in [5.74, 6) is 0.186. The molecule has 1 saturated heterocycles. The summed E-state index contributed by atoms with van der Waals surface area (Å²) in [6.07, 6.45) is 2.14. The van der Waals surface area contributed by atoms with Crippen LogP contribution in [0, 0.1) is 0 Å². The Morgan fingerprint density at radius 2 is 2.45 bits per heavy atom. The highest BCUT2D eigenvalue weighted by Gasteiger charge is 2.33. The number of Topliss-reactive ketones (excluding diaryl/α,β-unsaturated/α-hetero) is 1. The number of nitrogens with one attached hydrogen (secondary N) is 1. The molecule has 11 heavy (non-hydrogen) atoms. The van der Waals surface area contributed by atoms with Gasteiger partial charge in [-0.2, -0.15) is 0 Å². The second-order valence-electron chi connectivity index (χ2n) is 2.87. The third kappa shape index (κ3) is 1.79. The molecule has 0 bridgehead atoms. The van der Waals surface area contributed by atoms with Gasteiger partial charge in [-0.15, -0.1) is 0 Å². The molecular weight excluding hydrogens is 142 g/mol. The van der Waals surface area contributed by atoms with E-state index < -0.39 is 0 Å². The lowest BCUT2D eigenvalue weighted by atomic mass is 10.1.